The number of nitrogens with zero attached hydrogens (tertiary/aromatic N) is 3. The van der Waals surface area contributed by atoms with Crippen molar-refractivity contribution in [3.63, 3.8) is 0 Å². The smallest absolute Gasteiger partial charge is 0.229 e. The topological polar surface area (TPSA) is 85.4 Å². The molecule has 0 fully saturated rings. The molecule has 0 amide bonds. The maximum absolute atomic E-state index is 5.74. The Balaban J connectivity index is 1.93. The van der Waals surface area contributed by atoms with E-state index >= 15 is 0 Å². The van der Waals surface area contributed by atoms with Crippen molar-refractivity contribution in [3.8, 4) is 5.75 Å². The molecule has 0 saturated carbocycles. The van der Waals surface area contributed by atoms with Crippen LogP contribution in [-0.2, 0) is 6.54 Å². The predicted octanol–water partition coefficient (Wildman–Crippen LogP) is 1.41. The summed E-state index contributed by atoms with van der Waals surface area (Å²) < 4.78 is 5.08. The number of nitrogens with two attached hydrogens (primary N) is 1. The maximum atomic E-state index is 5.74. The van der Waals surface area contributed by atoms with Crippen molar-refractivity contribution in [3.05, 3.63) is 48.3 Å². The zero-order valence-corrected chi connectivity index (χ0v) is 10.6. The molecule has 0 aliphatic heterocycles. The molecule has 19 heavy (non-hydrogen) atoms. The number of benzene rings is 1. The third-order valence-electron chi connectivity index (χ3n) is 2.40. The second-order valence-electron chi connectivity index (χ2n) is 3.75. The highest BCUT2D eigenvalue weighted by molar-refractivity contribution is 5.90. The molecule has 0 aliphatic carbocycles. The van der Waals surface area contributed by atoms with Crippen LogP contribution >= 0.6 is 0 Å². The minimum absolute atomic E-state index is 0.280. The second kappa shape index (κ2) is 6.34. The van der Waals surface area contributed by atoms with E-state index in [2.05, 4.69) is 20.3 Å². The van der Waals surface area contributed by atoms with E-state index in [1.807, 2.05) is 24.3 Å². The first kappa shape index (κ1) is 12.8. The summed E-state index contributed by atoms with van der Waals surface area (Å²) in [5, 5.41) is 2.82. The van der Waals surface area contributed by atoms with Gasteiger partial charge in [0.25, 0.3) is 0 Å². The van der Waals surface area contributed by atoms with E-state index in [1.54, 1.807) is 25.6 Å². The summed E-state index contributed by atoms with van der Waals surface area (Å²) in [5.41, 5.74) is 6.79. The average molecular weight is 257 g/mol. The van der Waals surface area contributed by atoms with E-state index in [-0.39, 0.29) is 5.96 Å². The summed E-state index contributed by atoms with van der Waals surface area (Å²) in [7, 11) is 1.63. The van der Waals surface area contributed by atoms with Gasteiger partial charge in [-0.1, -0.05) is 12.1 Å². The van der Waals surface area contributed by atoms with Gasteiger partial charge < -0.3 is 10.5 Å². The molecule has 0 aliphatic rings. The van der Waals surface area contributed by atoms with Gasteiger partial charge in [-0.15, -0.1) is 0 Å². The quantitative estimate of drug-likeness (QED) is 0.639. The highest BCUT2D eigenvalue weighted by atomic mass is 16.5. The Morgan fingerprint density at radius 2 is 1.95 bits per heavy atom. The van der Waals surface area contributed by atoms with Gasteiger partial charge in [-0.25, -0.2) is 15.0 Å². The fourth-order valence-electron chi connectivity index (χ4n) is 1.43. The van der Waals surface area contributed by atoms with Crippen molar-refractivity contribution in [2.75, 3.05) is 12.4 Å². The molecule has 1 aromatic heterocycles. The SMILES string of the molecule is COc1ccc(CN=C(N)Nc2ncccn2)cc1. The zero-order chi connectivity index (χ0) is 13.5. The highest BCUT2D eigenvalue weighted by Crippen LogP contribution is 2.11. The Morgan fingerprint density at radius 3 is 2.58 bits per heavy atom. The molecular weight excluding hydrogens is 242 g/mol. The van der Waals surface area contributed by atoms with Gasteiger partial charge in [-0.3, -0.25) is 5.32 Å². The number of rotatable bonds is 4. The number of guanidine groups is 1. The van der Waals surface area contributed by atoms with Crippen LogP contribution in [0.3, 0.4) is 0 Å². The van der Waals surface area contributed by atoms with Crippen molar-refractivity contribution in [1.29, 1.82) is 0 Å². The number of ether oxygens (including phenoxy) is 1. The first-order valence-corrected chi connectivity index (χ1v) is 5.75. The van der Waals surface area contributed by atoms with Crippen molar-refractivity contribution >= 4 is 11.9 Å². The number of nitrogens with one attached hydrogen (secondary N) is 1. The zero-order valence-electron chi connectivity index (χ0n) is 10.6. The molecular formula is C13H15N5O. The standard InChI is InChI=1S/C13H15N5O/c1-19-11-5-3-10(4-6-11)9-17-12(14)18-13-15-7-2-8-16-13/h2-8H,9H2,1H3,(H3,14,15,16,17,18). The highest BCUT2D eigenvalue weighted by Gasteiger charge is 1.97. The summed E-state index contributed by atoms with van der Waals surface area (Å²) in [4.78, 5) is 12.2. The van der Waals surface area contributed by atoms with Crippen LogP contribution in [0.1, 0.15) is 5.56 Å². The molecule has 3 N–H and O–H groups in total. The van der Waals surface area contributed by atoms with Gasteiger partial charge in [-0.05, 0) is 23.8 Å². The van der Waals surface area contributed by atoms with E-state index < -0.39 is 0 Å². The number of aliphatic imine (C=N–C) groups is 1. The molecule has 98 valence electrons. The van der Waals surface area contributed by atoms with Crippen molar-refractivity contribution in [1.82, 2.24) is 9.97 Å². The summed E-state index contributed by atoms with van der Waals surface area (Å²) in [6.07, 6.45) is 3.26. The van der Waals surface area contributed by atoms with Crippen LogP contribution in [0.5, 0.6) is 5.75 Å². The lowest BCUT2D eigenvalue weighted by Crippen LogP contribution is -2.23. The second-order valence-corrected chi connectivity index (χ2v) is 3.75. The minimum Gasteiger partial charge on any atom is -0.497 e. The first-order valence-electron chi connectivity index (χ1n) is 5.75. The van der Waals surface area contributed by atoms with Crippen molar-refractivity contribution in [2.24, 2.45) is 10.7 Å². The van der Waals surface area contributed by atoms with E-state index in [1.165, 1.54) is 0 Å². The molecule has 0 unspecified atom stereocenters. The fourth-order valence-corrected chi connectivity index (χ4v) is 1.43. The molecule has 6 nitrogen and oxygen atoms in total. The summed E-state index contributed by atoms with van der Waals surface area (Å²) in [5.74, 6) is 1.53. The van der Waals surface area contributed by atoms with Crippen LogP contribution in [0.2, 0.25) is 0 Å². The molecule has 0 saturated heterocycles. The van der Waals surface area contributed by atoms with E-state index in [4.69, 9.17) is 10.5 Å². The molecule has 0 atom stereocenters. The lowest BCUT2D eigenvalue weighted by atomic mass is 10.2. The van der Waals surface area contributed by atoms with Gasteiger partial charge in [0.15, 0.2) is 5.96 Å². The molecule has 6 heteroatoms. The van der Waals surface area contributed by atoms with Gasteiger partial charge in [0.05, 0.1) is 13.7 Å². The molecule has 0 bridgehead atoms. The number of anilines is 1. The Morgan fingerprint density at radius 1 is 1.26 bits per heavy atom. The molecule has 0 spiro atoms. The molecule has 2 aromatic rings. The first-order chi connectivity index (χ1) is 9.28. The normalized spacial score (nSPS) is 11.1. The summed E-state index contributed by atoms with van der Waals surface area (Å²) in [6.45, 7) is 0.482. The van der Waals surface area contributed by atoms with Crippen LogP contribution in [0.25, 0.3) is 0 Å². The Bertz CT molecular complexity index is 539. The van der Waals surface area contributed by atoms with Gasteiger partial charge in [0, 0.05) is 12.4 Å². The fraction of sp³-hybridized carbons (Fsp3) is 0.154. The molecule has 1 heterocycles. The maximum Gasteiger partial charge on any atom is 0.229 e. The average Bonchev–Trinajstić information content (AvgIpc) is 2.47. The third-order valence-corrected chi connectivity index (χ3v) is 2.40. The van der Waals surface area contributed by atoms with Gasteiger partial charge >= 0.3 is 0 Å². The molecule has 1 aromatic carbocycles. The van der Waals surface area contributed by atoms with Crippen LogP contribution in [0.4, 0.5) is 5.95 Å². The predicted molar refractivity (Wildman–Crippen MR) is 74.0 cm³/mol. The van der Waals surface area contributed by atoms with Crippen LogP contribution in [-0.4, -0.2) is 23.0 Å². The summed E-state index contributed by atoms with van der Waals surface area (Å²) >= 11 is 0. The number of hydrogen-bond acceptors (Lipinski definition) is 4. The lowest BCUT2D eigenvalue weighted by Gasteiger charge is -2.04. The van der Waals surface area contributed by atoms with Crippen LogP contribution in [0, 0.1) is 0 Å². The van der Waals surface area contributed by atoms with E-state index in [0.717, 1.165) is 11.3 Å². The summed E-state index contributed by atoms with van der Waals surface area (Å²) in [6, 6.07) is 9.38. The van der Waals surface area contributed by atoms with Crippen molar-refractivity contribution < 1.29 is 4.74 Å². The van der Waals surface area contributed by atoms with Crippen molar-refractivity contribution in [2.45, 2.75) is 6.54 Å². The van der Waals surface area contributed by atoms with Gasteiger partial charge in [0.1, 0.15) is 5.75 Å². The van der Waals surface area contributed by atoms with Gasteiger partial charge in [0.2, 0.25) is 5.95 Å². The van der Waals surface area contributed by atoms with Crippen LogP contribution in [0.15, 0.2) is 47.7 Å². The Kier molecular flexibility index (Phi) is 4.28. The van der Waals surface area contributed by atoms with Gasteiger partial charge in [-0.2, -0.15) is 0 Å². The number of hydrogen-bond donors (Lipinski definition) is 2. The largest absolute Gasteiger partial charge is 0.497 e. The Labute approximate surface area is 111 Å². The number of aromatic nitrogens is 2. The molecule has 2 rings (SSSR count). The van der Waals surface area contributed by atoms with Crippen LogP contribution < -0.4 is 15.8 Å². The third kappa shape index (κ3) is 3.95. The van der Waals surface area contributed by atoms with E-state index in [0.29, 0.717) is 12.5 Å². The lowest BCUT2D eigenvalue weighted by molar-refractivity contribution is 0.414. The van der Waals surface area contributed by atoms with E-state index in [9.17, 15) is 0 Å². The monoisotopic (exact) mass is 257 g/mol. The molecule has 0 radical (unpaired) electrons. The number of methoxy groups -OCH3 is 1. The minimum atomic E-state index is 0.280. The Hall–Kier alpha value is -2.63.